The van der Waals surface area contributed by atoms with Gasteiger partial charge in [0.1, 0.15) is 0 Å². The van der Waals surface area contributed by atoms with E-state index in [1.807, 2.05) is 0 Å². The Morgan fingerprint density at radius 3 is 2.89 bits per heavy atom. The van der Waals surface area contributed by atoms with Crippen LogP contribution in [0, 0.1) is 6.92 Å². The molecule has 1 aromatic carbocycles. The van der Waals surface area contributed by atoms with Crippen LogP contribution in [0.4, 0.5) is 0 Å². The van der Waals surface area contributed by atoms with Crippen LogP contribution in [0.3, 0.4) is 0 Å². The van der Waals surface area contributed by atoms with Gasteiger partial charge >= 0.3 is 0 Å². The van der Waals surface area contributed by atoms with Crippen LogP contribution in [0.25, 0.3) is 0 Å². The number of nitrogens with one attached hydrogen (secondary N) is 2. The molecule has 0 bridgehead atoms. The maximum atomic E-state index is 12.1. The van der Waals surface area contributed by atoms with Crippen LogP contribution in [0.5, 0.6) is 0 Å². The monoisotopic (exact) mass is 285 g/mol. The molecule has 2 rings (SSSR count). The molecule has 0 aliphatic heterocycles. The summed E-state index contributed by atoms with van der Waals surface area (Å²) in [4.78, 5) is 0.193. The quantitative estimate of drug-likeness (QED) is 0.900. The zero-order valence-corrected chi connectivity index (χ0v) is 11.2. The van der Waals surface area contributed by atoms with E-state index < -0.39 is 10.0 Å². The molecular formula is C11H12ClN3O2S. The Morgan fingerprint density at radius 1 is 1.44 bits per heavy atom. The lowest BCUT2D eigenvalue weighted by Crippen LogP contribution is -2.23. The largest absolute Gasteiger partial charge is 0.285 e. The molecule has 2 N–H and O–H groups in total. The summed E-state index contributed by atoms with van der Waals surface area (Å²) in [6, 6.07) is 4.80. The van der Waals surface area contributed by atoms with Gasteiger partial charge in [-0.05, 0) is 24.6 Å². The number of rotatable bonds is 4. The van der Waals surface area contributed by atoms with Crippen molar-refractivity contribution in [2.24, 2.45) is 0 Å². The maximum Gasteiger partial charge on any atom is 0.241 e. The summed E-state index contributed by atoms with van der Waals surface area (Å²) < 4.78 is 26.7. The number of aromatic amines is 1. The molecule has 0 unspecified atom stereocenters. The smallest absolute Gasteiger partial charge is 0.241 e. The summed E-state index contributed by atoms with van der Waals surface area (Å²) in [5, 5.41) is 6.80. The summed E-state index contributed by atoms with van der Waals surface area (Å²) in [7, 11) is -3.57. The third kappa shape index (κ3) is 2.72. The van der Waals surface area contributed by atoms with Crippen molar-refractivity contribution in [3.63, 3.8) is 0 Å². The van der Waals surface area contributed by atoms with Crippen molar-refractivity contribution in [1.29, 1.82) is 0 Å². The predicted octanol–water partition coefficient (Wildman–Crippen LogP) is 1.85. The predicted molar refractivity (Wildman–Crippen MR) is 68.8 cm³/mol. The molecule has 0 radical (unpaired) electrons. The molecule has 0 fully saturated rings. The van der Waals surface area contributed by atoms with Gasteiger partial charge in [-0.25, -0.2) is 13.1 Å². The average Bonchev–Trinajstić information content (AvgIpc) is 2.83. The molecule has 0 aliphatic carbocycles. The summed E-state index contributed by atoms with van der Waals surface area (Å²) in [6.45, 7) is 1.86. The number of nitrogens with zero attached hydrogens (tertiary/aromatic N) is 1. The van der Waals surface area contributed by atoms with E-state index in [0.717, 1.165) is 5.56 Å². The molecule has 7 heteroatoms. The van der Waals surface area contributed by atoms with E-state index in [1.165, 1.54) is 6.07 Å². The molecule has 1 aromatic heterocycles. The second kappa shape index (κ2) is 5.09. The topological polar surface area (TPSA) is 74.8 Å². The second-order valence-corrected chi connectivity index (χ2v) is 5.94. The van der Waals surface area contributed by atoms with Crippen molar-refractivity contribution in [2.45, 2.75) is 18.4 Å². The molecule has 0 spiro atoms. The first-order valence-corrected chi connectivity index (χ1v) is 7.09. The van der Waals surface area contributed by atoms with Crippen LogP contribution in [0.1, 0.15) is 11.1 Å². The highest BCUT2D eigenvalue weighted by Gasteiger charge is 2.17. The molecule has 18 heavy (non-hydrogen) atoms. The minimum atomic E-state index is -3.57. The van der Waals surface area contributed by atoms with Crippen LogP contribution in [0.2, 0.25) is 5.02 Å². The van der Waals surface area contributed by atoms with Gasteiger partial charge in [0.25, 0.3) is 0 Å². The molecule has 96 valence electrons. The van der Waals surface area contributed by atoms with Gasteiger partial charge in [-0.3, -0.25) is 5.10 Å². The lowest BCUT2D eigenvalue weighted by atomic mass is 10.2. The Bertz CT molecular complexity index is 638. The van der Waals surface area contributed by atoms with Gasteiger partial charge < -0.3 is 0 Å². The minimum Gasteiger partial charge on any atom is -0.285 e. The number of sulfonamides is 1. The lowest BCUT2D eigenvalue weighted by molar-refractivity contribution is 0.580. The van der Waals surface area contributed by atoms with Gasteiger partial charge in [0.2, 0.25) is 10.0 Å². The van der Waals surface area contributed by atoms with E-state index in [4.69, 9.17) is 11.6 Å². The number of halogens is 1. The molecular weight excluding hydrogens is 274 g/mol. The molecule has 0 atom stereocenters. The average molecular weight is 286 g/mol. The van der Waals surface area contributed by atoms with Crippen molar-refractivity contribution < 1.29 is 8.42 Å². The highest BCUT2D eigenvalue weighted by molar-refractivity contribution is 7.89. The first-order chi connectivity index (χ1) is 8.50. The summed E-state index contributed by atoms with van der Waals surface area (Å²) in [6.07, 6.45) is 3.20. The number of hydrogen-bond acceptors (Lipinski definition) is 3. The van der Waals surface area contributed by atoms with Crippen molar-refractivity contribution >= 4 is 21.6 Å². The zero-order valence-electron chi connectivity index (χ0n) is 9.64. The van der Waals surface area contributed by atoms with E-state index >= 15 is 0 Å². The number of benzene rings is 1. The van der Waals surface area contributed by atoms with E-state index in [2.05, 4.69) is 14.9 Å². The van der Waals surface area contributed by atoms with Crippen LogP contribution in [-0.4, -0.2) is 18.6 Å². The highest BCUT2D eigenvalue weighted by Crippen LogP contribution is 2.22. The van der Waals surface area contributed by atoms with Gasteiger partial charge in [-0.2, -0.15) is 5.10 Å². The normalized spacial score (nSPS) is 11.7. The molecule has 0 saturated carbocycles. The second-order valence-electron chi connectivity index (χ2n) is 3.79. The third-order valence-electron chi connectivity index (χ3n) is 2.53. The number of hydrogen-bond donors (Lipinski definition) is 2. The summed E-state index contributed by atoms with van der Waals surface area (Å²) in [5.41, 5.74) is 1.30. The Kier molecular flexibility index (Phi) is 3.70. The first kappa shape index (κ1) is 13.1. The van der Waals surface area contributed by atoms with Crippen molar-refractivity contribution in [1.82, 2.24) is 14.9 Å². The molecule has 5 nitrogen and oxygen atoms in total. The van der Waals surface area contributed by atoms with Crippen molar-refractivity contribution in [3.05, 3.63) is 46.7 Å². The Labute approximate surface area is 110 Å². The van der Waals surface area contributed by atoms with Gasteiger partial charge in [0.15, 0.2) is 0 Å². The lowest BCUT2D eigenvalue weighted by Gasteiger charge is -2.09. The highest BCUT2D eigenvalue weighted by atomic mass is 35.5. The van der Waals surface area contributed by atoms with E-state index in [9.17, 15) is 8.42 Å². The third-order valence-corrected chi connectivity index (χ3v) is 4.48. The minimum absolute atomic E-state index is 0.185. The zero-order chi connectivity index (χ0) is 13.2. The maximum absolute atomic E-state index is 12.1. The van der Waals surface area contributed by atoms with Crippen LogP contribution in [0.15, 0.2) is 35.5 Å². The van der Waals surface area contributed by atoms with Crippen LogP contribution < -0.4 is 4.72 Å². The molecule has 2 aromatic rings. The van der Waals surface area contributed by atoms with E-state index in [1.54, 1.807) is 31.5 Å². The van der Waals surface area contributed by atoms with E-state index in [0.29, 0.717) is 10.6 Å². The fourth-order valence-electron chi connectivity index (χ4n) is 1.51. The summed E-state index contributed by atoms with van der Waals surface area (Å²) >= 11 is 5.91. The molecule has 1 heterocycles. The van der Waals surface area contributed by atoms with Gasteiger partial charge in [0, 0.05) is 23.3 Å². The van der Waals surface area contributed by atoms with Crippen LogP contribution in [-0.2, 0) is 16.6 Å². The van der Waals surface area contributed by atoms with Crippen molar-refractivity contribution in [3.8, 4) is 0 Å². The Balaban J connectivity index is 2.23. The van der Waals surface area contributed by atoms with Gasteiger partial charge in [-0.15, -0.1) is 0 Å². The Morgan fingerprint density at radius 2 is 2.22 bits per heavy atom. The fraction of sp³-hybridized carbons (Fsp3) is 0.182. The SMILES string of the molecule is Cc1c(Cl)cccc1S(=O)(=O)NCc1cn[nH]c1. The fourth-order valence-corrected chi connectivity index (χ4v) is 3.02. The van der Waals surface area contributed by atoms with E-state index in [-0.39, 0.29) is 11.4 Å². The first-order valence-electron chi connectivity index (χ1n) is 5.23. The summed E-state index contributed by atoms with van der Waals surface area (Å²) in [5.74, 6) is 0. The molecule has 0 saturated heterocycles. The van der Waals surface area contributed by atoms with Gasteiger partial charge in [-0.1, -0.05) is 17.7 Å². The van der Waals surface area contributed by atoms with Crippen LogP contribution >= 0.6 is 11.6 Å². The van der Waals surface area contributed by atoms with Crippen molar-refractivity contribution in [2.75, 3.05) is 0 Å². The number of aromatic nitrogens is 2. The molecule has 0 aliphatic rings. The van der Waals surface area contributed by atoms with Gasteiger partial charge in [0.05, 0.1) is 11.1 Å². The standard InChI is InChI=1S/C11H12ClN3O2S/c1-8-10(12)3-2-4-11(8)18(16,17)15-7-9-5-13-14-6-9/h2-6,15H,7H2,1H3,(H,13,14). The molecule has 0 amide bonds. The Hall–Kier alpha value is -1.37. The number of H-pyrrole nitrogens is 1.